The maximum Gasteiger partial charge on any atom is 0.319 e. The van der Waals surface area contributed by atoms with E-state index in [0.29, 0.717) is 12.2 Å². The Balaban J connectivity index is 1.80. The first-order valence-corrected chi connectivity index (χ1v) is 8.41. The van der Waals surface area contributed by atoms with E-state index in [2.05, 4.69) is 17.2 Å². The second-order valence-corrected chi connectivity index (χ2v) is 6.28. The van der Waals surface area contributed by atoms with Crippen molar-refractivity contribution in [3.05, 3.63) is 36.0 Å². The van der Waals surface area contributed by atoms with Crippen LogP contribution in [0.5, 0.6) is 11.5 Å². The molecule has 3 atom stereocenters. The third kappa shape index (κ3) is 3.75. The lowest BCUT2D eigenvalue weighted by atomic mass is 9.89. The van der Waals surface area contributed by atoms with E-state index in [1.807, 2.05) is 0 Å². The zero-order chi connectivity index (χ0) is 18.7. The minimum absolute atomic E-state index is 0.0344. The molecule has 2 aliphatic heterocycles. The number of urea groups is 1. The average Bonchev–Trinajstić information content (AvgIpc) is 3.13. The zero-order valence-corrected chi connectivity index (χ0v) is 14.5. The number of benzene rings is 1. The predicted molar refractivity (Wildman–Crippen MR) is 91.6 cm³/mol. The molecule has 2 amide bonds. The predicted octanol–water partition coefficient (Wildman–Crippen LogP) is 1.61. The first-order valence-electron chi connectivity index (χ1n) is 8.41. The van der Waals surface area contributed by atoms with Crippen molar-refractivity contribution in [3.63, 3.8) is 0 Å². The summed E-state index contributed by atoms with van der Waals surface area (Å²) in [5.41, 5.74) is 0.845. The van der Waals surface area contributed by atoms with Crippen LogP contribution < -0.4 is 15.4 Å². The molecule has 0 saturated carbocycles. The van der Waals surface area contributed by atoms with Gasteiger partial charge in [-0.15, -0.1) is 0 Å². The van der Waals surface area contributed by atoms with E-state index in [-0.39, 0.29) is 29.9 Å². The van der Waals surface area contributed by atoms with Crippen LogP contribution in [0.15, 0.2) is 30.5 Å². The van der Waals surface area contributed by atoms with Crippen molar-refractivity contribution in [1.82, 2.24) is 10.6 Å². The molecule has 0 radical (unpaired) electrons. The number of aromatic hydroxyl groups is 1. The number of hydrogen-bond donors (Lipinski definition) is 3. The van der Waals surface area contributed by atoms with E-state index < -0.39 is 24.0 Å². The summed E-state index contributed by atoms with van der Waals surface area (Å²) in [6.45, 7) is 4.64. The Morgan fingerprint density at radius 1 is 1.46 bits per heavy atom. The standard InChI is InChI=1S/C18H22N2O6/c1-10-15(17(22)26-9-12-4-3-7-25-12)16(20-18(23)19-10)11-5-6-13(21)14(8-11)24-2/h5-6,8,12,15-16,21H,1,3-4,7,9H2,2H3,(H2,19,20,23). The molecule has 2 aliphatic rings. The van der Waals surface area contributed by atoms with Crippen molar-refractivity contribution in [3.8, 4) is 11.5 Å². The molecule has 0 aromatic heterocycles. The van der Waals surface area contributed by atoms with Gasteiger partial charge in [-0.25, -0.2) is 4.79 Å². The number of ether oxygens (including phenoxy) is 3. The van der Waals surface area contributed by atoms with Crippen LogP contribution in [0.25, 0.3) is 0 Å². The first-order chi connectivity index (χ1) is 12.5. The Kier molecular flexibility index (Phi) is 5.32. The van der Waals surface area contributed by atoms with Crippen molar-refractivity contribution in [2.24, 2.45) is 5.92 Å². The molecule has 2 fully saturated rings. The van der Waals surface area contributed by atoms with Crippen LogP contribution >= 0.6 is 0 Å². The number of carbonyl (C=O) groups excluding carboxylic acids is 2. The van der Waals surface area contributed by atoms with Crippen molar-refractivity contribution in [2.75, 3.05) is 20.3 Å². The molecule has 2 heterocycles. The summed E-state index contributed by atoms with van der Waals surface area (Å²) >= 11 is 0. The number of carbonyl (C=O) groups is 2. The molecule has 8 heteroatoms. The van der Waals surface area contributed by atoms with Crippen LogP contribution in [-0.2, 0) is 14.3 Å². The number of methoxy groups -OCH3 is 1. The Labute approximate surface area is 151 Å². The van der Waals surface area contributed by atoms with E-state index >= 15 is 0 Å². The molecule has 1 aromatic rings. The highest BCUT2D eigenvalue weighted by atomic mass is 16.6. The third-order valence-electron chi connectivity index (χ3n) is 4.52. The molecular formula is C18H22N2O6. The summed E-state index contributed by atoms with van der Waals surface area (Å²) in [4.78, 5) is 24.5. The summed E-state index contributed by atoms with van der Waals surface area (Å²) in [5, 5.41) is 15.0. The molecule has 0 spiro atoms. The molecule has 8 nitrogen and oxygen atoms in total. The molecule has 3 unspecified atom stereocenters. The van der Waals surface area contributed by atoms with E-state index in [0.717, 1.165) is 12.8 Å². The van der Waals surface area contributed by atoms with Gasteiger partial charge in [-0.1, -0.05) is 12.6 Å². The highest BCUT2D eigenvalue weighted by Crippen LogP contribution is 2.35. The lowest BCUT2D eigenvalue weighted by molar-refractivity contribution is -0.151. The highest BCUT2D eigenvalue weighted by molar-refractivity contribution is 5.85. The Hall–Kier alpha value is -2.74. The van der Waals surface area contributed by atoms with Crippen molar-refractivity contribution >= 4 is 12.0 Å². The van der Waals surface area contributed by atoms with Crippen molar-refractivity contribution in [1.29, 1.82) is 0 Å². The van der Waals surface area contributed by atoms with Crippen LogP contribution in [0.2, 0.25) is 0 Å². The summed E-state index contributed by atoms with van der Waals surface area (Å²) < 4.78 is 16.0. The lowest BCUT2D eigenvalue weighted by Crippen LogP contribution is -2.51. The van der Waals surface area contributed by atoms with Crippen molar-refractivity contribution in [2.45, 2.75) is 25.0 Å². The summed E-state index contributed by atoms with van der Waals surface area (Å²) in [7, 11) is 1.42. The second-order valence-electron chi connectivity index (χ2n) is 6.28. The number of phenolic OH excluding ortho intramolecular Hbond substituents is 1. The van der Waals surface area contributed by atoms with Gasteiger partial charge in [-0.2, -0.15) is 0 Å². The Bertz CT molecular complexity index is 714. The minimum atomic E-state index is -0.816. The van der Waals surface area contributed by atoms with E-state index in [1.165, 1.54) is 13.2 Å². The molecule has 140 valence electrons. The van der Waals surface area contributed by atoms with Gasteiger partial charge in [0.1, 0.15) is 12.5 Å². The van der Waals surface area contributed by atoms with Crippen LogP contribution in [0, 0.1) is 5.92 Å². The monoisotopic (exact) mass is 362 g/mol. The fourth-order valence-electron chi connectivity index (χ4n) is 3.17. The lowest BCUT2D eigenvalue weighted by Gasteiger charge is -2.33. The Morgan fingerprint density at radius 2 is 2.27 bits per heavy atom. The topological polar surface area (TPSA) is 106 Å². The minimum Gasteiger partial charge on any atom is -0.504 e. The summed E-state index contributed by atoms with van der Waals surface area (Å²) in [5.74, 6) is -1.11. The maximum absolute atomic E-state index is 12.7. The quantitative estimate of drug-likeness (QED) is 0.687. The van der Waals surface area contributed by atoms with Gasteiger partial charge in [0.05, 0.1) is 19.3 Å². The molecule has 1 aromatic carbocycles. The molecule has 2 saturated heterocycles. The van der Waals surface area contributed by atoms with Crippen LogP contribution in [0.4, 0.5) is 4.79 Å². The SMILES string of the molecule is C=C1NC(=O)NC(c2ccc(O)c(OC)c2)C1C(=O)OCC1CCCO1. The average molecular weight is 362 g/mol. The first kappa shape index (κ1) is 18.1. The second kappa shape index (κ2) is 7.65. The Morgan fingerprint density at radius 3 is 2.96 bits per heavy atom. The number of esters is 1. The fourth-order valence-corrected chi connectivity index (χ4v) is 3.17. The molecule has 3 N–H and O–H groups in total. The van der Waals surface area contributed by atoms with Gasteiger partial charge in [0.25, 0.3) is 0 Å². The van der Waals surface area contributed by atoms with Crippen LogP contribution in [-0.4, -0.2) is 43.5 Å². The largest absolute Gasteiger partial charge is 0.504 e. The third-order valence-corrected chi connectivity index (χ3v) is 4.52. The van der Waals surface area contributed by atoms with Gasteiger partial charge in [0, 0.05) is 12.3 Å². The van der Waals surface area contributed by atoms with Gasteiger partial charge in [0.15, 0.2) is 11.5 Å². The van der Waals surface area contributed by atoms with Crippen LogP contribution in [0.3, 0.4) is 0 Å². The number of phenols is 1. The number of nitrogens with one attached hydrogen (secondary N) is 2. The summed E-state index contributed by atoms with van der Waals surface area (Å²) in [6, 6.07) is 3.47. The normalized spacial score (nSPS) is 25.3. The molecule has 26 heavy (non-hydrogen) atoms. The molecule has 0 bridgehead atoms. The summed E-state index contributed by atoms with van der Waals surface area (Å²) in [6.07, 6.45) is 1.71. The van der Waals surface area contributed by atoms with Gasteiger partial charge < -0.3 is 30.0 Å². The number of rotatable bonds is 5. The van der Waals surface area contributed by atoms with E-state index in [9.17, 15) is 14.7 Å². The van der Waals surface area contributed by atoms with E-state index in [4.69, 9.17) is 14.2 Å². The van der Waals surface area contributed by atoms with Crippen LogP contribution in [0.1, 0.15) is 24.4 Å². The zero-order valence-electron chi connectivity index (χ0n) is 14.5. The molecule has 0 aliphatic carbocycles. The van der Waals surface area contributed by atoms with Gasteiger partial charge in [0.2, 0.25) is 0 Å². The fraction of sp³-hybridized carbons (Fsp3) is 0.444. The van der Waals surface area contributed by atoms with Gasteiger partial charge >= 0.3 is 12.0 Å². The molecular weight excluding hydrogens is 340 g/mol. The van der Waals surface area contributed by atoms with Gasteiger partial charge in [-0.05, 0) is 30.5 Å². The highest BCUT2D eigenvalue weighted by Gasteiger charge is 2.39. The van der Waals surface area contributed by atoms with E-state index in [1.54, 1.807) is 12.1 Å². The number of amides is 2. The van der Waals surface area contributed by atoms with Crippen molar-refractivity contribution < 1.29 is 28.9 Å². The molecule has 3 rings (SSSR count). The smallest absolute Gasteiger partial charge is 0.319 e. The number of hydrogen-bond acceptors (Lipinski definition) is 6. The van der Waals surface area contributed by atoms with Gasteiger partial charge in [-0.3, -0.25) is 4.79 Å². The maximum atomic E-state index is 12.7.